The Kier molecular flexibility index (Phi) is 9.63. The summed E-state index contributed by atoms with van der Waals surface area (Å²) in [4.78, 5) is 29.2. The van der Waals surface area contributed by atoms with E-state index in [1.165, 1.54) is 6.26 Å². The minimum absolute atomic E-state index is 0.0327. The SMILES string of the molecule is CCCCCCC(=O)Nc1ccc(N(C)C)c(CN(CC(C)C)C(=O)c2ccco2)c1. The van der Waals surface area contributed by atoms with Gasteiger partial charge in [-0.15, -0.1) is 0 Å². The number of unbranched alkanes of at least 4 members (excludes halogenated alkanes) is 3. The largest absolute Gasteiger partial charge is 0.459 e. The zero-order valence-corrected chi connectivity index (χ0v) is 19.6. The molecule has 2 rings (SSSR count). The molecule has 1 N–H and O–H groups in total. The van der Waals surface area contributed by atoms with Gasteiger partial charge in [0.25, 0.3) is 5.91 Å². The summed E-state index contributed by atoms with van der Waals surface area (Å²) >= 11 is 0. The molecular weight excluding hydrogens is 390 g/mol. The fourth-order valence-electron chi connectivity index (χ4n) is 3.58. The van der Waals surface area contributed by atoms with Crippen LogP contribution in [0.25, 0.3) is 0 Å². The van der Waals surface area contributed by atoms with Crippen LogP contribution in [0.4, 0.5) is 11.4 Å². The molecule has 0 atom stereocenters. The maximum atomic E-state index is 13.0. The van der Waals surface area contributed by atoms with E-state index in [0.717, 1.165) is 42.6 Å². The number of benzene rings is 1. The van der Waals surface area contributed by atoms with Gasteiger partial charge in [0, 0.05) is 45.0 Å². The van der Waals surface area contributed by atoms with E-state index in [1.807, 2.05) is 42.1 Å². The zero-order valence-electron chi connectivity index (χ0n) is 19.6. The van der Waals surface area contributed by atoms with Crippen LogP contribution in [-0.2, 0) is 11.3 Å². The van der Waals surface area contributed by atoms with Crippen molar-refractivity contribution in [3.05, 3.63) is 47.9 Å². The Bertz CT molecular complexity index is 829. The minimum Gasteiger partial charge on any atom is -0.459 e. The van der Waals surface area contributed by atoms with Gasteiger partial charge in [0.15, 0.2) is 5.76 Å². The van der Waals surface area contributed by atoms with Gasteiger partial charge < -0.3 is 19.5 Å². The van der Waals surface area contributed by atoms with E-state index in [-0.39, 0.29) is 11.8 Å². The van der Waals surface area contributed by atoms with Crippen molar-refractivity contribution in [2.75, 3.05) is 30.9 Å². The van der Waals surface area contributed by atoms with Crippen LogP contribution >= 0.6 is 0 Å². The highest BCUT2D eigenvalue weighted by atomic mass is 16.3. The molecule has 2 aromatic rings. The van der Waals surface area contributed by atoms with Crippen LogP contribution in [-0.4, -0.2) is 37.4 Å². The van der Waals surface area contributed by atoms with Gasteiger partial charge in [-0.3, -0.25) is 9.59 Å². The monoisotopic (exact) mass is 427 g/mol. The number of nitrogens with zero attached hydrogens (tertiary/aromatic N) is 2. The maximum absolute atomic E-state index is 13.0. The van der Waals surface area contributed by atoms with Gasteiger partial charge in [-0.2, -0.15) is 0 Å². The van der Waals surface area contributed by atoms with Gasteiger partial charge in [-0.05, 0) is 48.2 Å². The standard InChI is InChI=1S/C25H37N3O3/c1-6-7-8-9-12-24(29)26-21-13-14-22(27(4)5)20(16-21)18-28(17-19(2)3)25(30)23-11-10-15-31-23/h10-11,13-16,19H,6-9,12,17-18H2,1-5H3,(H,26,29). The van der Waals surface area contributed by atoms with Crippen molar-refractivity contribution in [3.8, 4) is 0 Å². The minimum atomic E-state index is -0.131. The number of anilines is 2. The smallest absolute Gasteiger partial charge is 0.289 e. The lowest BCUT2D eigenvalue weighted by molar-refractivity contribution is -0.116. The molecule has 2 amide bonds. The van der Waals surface area contributed by atoms with Crippen LogP contribution in [0.2, 0.25) is 0 Å². The highest BCUT2D eigenvalue weighted by Gasteiger charge is 2.21. The number of hydrogen-bond acceptors (Lipinski definition) is 4. The molecule has 0 saturated heterocycles. The van der Waals surface area contributed by atoms with Crippen molar-refractivity contribution in [1.82, 2.24) is 4.90 Å². The number of furan rings is 1. The zero-order chi connectivity index (χ0) is 22.8. The highest BCUT2D eigenvalue weighted by molar-refractivity contribution is 5.92. The molecule has 0 spiro atoms. The molecule has 0 aliphatic carbocycles. The normalized spacial score (nSPS) is 10.9. The molecule has 6 heteroatoms. The van der Waals surface area contributed by atoms with Crippen LogP contribution < -0.4 is 10.2 Å². The lowest BCUT2D eigenvalue weighted by Crippen LogP contribution is -2.34. The maximum Gasteiger partial charge on any atom is 0.289 e. The third-order valence-electron chi connectivity index (χ3n) is 5.07. The summed E-state index contributed by atoms with van der Waals surface area (Å²) < 4.78 is 5.35. The topological polar surface area (TPSA) is 65.8 Å². The van der Waals surface area contributed by atoms with E-state index in [2.05, 4.69) is 26.1 Å². The van der Waals surface area contributed by atoms with Crippen molar-refractivity contribution < 1.29 is 14.0 Å². The summed E-state index contributed by atoms with van der Waals surface area (Å²) in [6.07, 6.45) is 6.34. The van der Waals surface area contributed by atoms with Crippen LogP contribution in [0.15, 0.2) is 41.0 Å². The van der Waals surface area contributed by atoms with Gasteiger partial charge in [0.2, 0.25) is 5.91 Å². The van der Waals surface area contributed by atoms with E-state index in [1.54, 1.807) is 12.1 Å². The van der Waals surface area contributed by atoms with Gasteiger partial charge in [0.1, 0.15) is 0 Å². The molecule has 0 fully saturated rings. The average molecular weight is 428 g/mol. The summed E-state index contributed by atoms with van der Waals surface area (Å²) in [5.74, 6) is 0.551. The van der Waals surface area contributed by atoms with E-state index >= 15 is 0 Å². The van der Waals surface area contributed by atoms with Crippen LogP contribution in [0.1, 0.15) is 69.0 Å². The third kappa shape index (κ3) is 7.78. The first-order valence-corrected chi connectivity index (χ1v) is 11.2. The molecule has 0 saturated carbocycles. The van der Waals surface area contributed by atoms with Gasteiger partial charge in [0.05, 0.1) is 6.26 Å². The molecule has 0 bridgehead atoms. The Labute approximate surface area is 186 Å². The summed E-state index contributed by atoms with van der Waals surface area (Å²) in [7, 11) is 3.96. The molecule has 1 aromatic heterocycles. The summed E-state index contributed by atoms with van der Waals surface area (Å²) in [6.45, 7) is 7.38. The Hall–Kier alpha value is -2.76. The van der Waals surface area contributed by atoms with E-state index < -0.39 is 0 Å². The molecule has 0 radical (unpaired) electrons. The number of carbonyl (C=O) groups is 2. The highest BCUT2D eigenvalue weighted by Crippen LogP contribution is 2.26. The fourth-order valence-corrected chi connectivity index (χ4v) is 3.58. The predicted molar refractivity (Wildman–Crippen MR) is 126 cm³/mol. The fraction of sp³-hybridized carbons (Fsp3) is 0.520. The summed E-state index contributed by atoms with van der Waals surface area (Å²) in [5, 5.41) is 3.02. The lowest BCUT2D eigenvalue weighted by Gasteiger charge is -2.27. The van der Waals surface area contributed by atoms with Crippen molar-refractivity contribution in [3.63, 3.8) is 0 Å². The van der Waals surface area contributed by atoms with Crippen LogP contribution in [0.5, 0.6) is 0 Å². The Morgan fingerprint density at radius 1 is 1.10 bits per heavy atom. The van der Waals surface area contributed by atoms with Gasteiger partial charge in [-0.25, -0.2) is 0 Å². The summed E-state index contributed by atoms with van der Waals surface area (Å²) in [6, 6.07) is 9.30. The molecule has 0 unspecified atom stereocenters. The number of rotatable bonds is 12. The molecule has 1 heterocycles. The predicted octanol–water partition coefficient (Wildman–Crippen LogP) is 5.55. The van der Waals surface area contributed by atoms with Crippen LogP contribution in [0.3, 0.4) is 0 Å². The Morgan fingerprint density at radius 3 is 2.48 bits per heavy atom. The molecule has 6 nitrogen and oxygen atoms in total. The number of carbonyl (C=O) groups excluding carboxylic acids is 2. The molecule has 170 valence electrons. The second kappa shape index (κ2) is 12.2. The first-order valence-electron chi connectivity index (χ1n) is 11.2. The number of nitrogens with one attached hydrogen (secondary N) is 1. The Balaban J connectivity index is 2.20. The second-order valence-electron chi connectivity index (χ2n) is 8.65. The Morgan fingerprint density at radius 2 is 1.87 bits per heavy atom. The van der Waals surface area contributed by atoms with E-state index in [4.69, 9.17) is 4.42 Å². The molecule has 31 heavy (non-hydrogen) atoms. The first-order chi connectivity index (χ1) is 14.8. The van der Waals surface area contributed by atoms with Crippen molar-refractivity contribution in [2.24, 2.45) is 5.92 Å². The molecule has 1 aromatic carbocycles. The molecular formula is C25H37N3O3. The second-order valence-corrected chi connectivity index (χ2v) is 8.65. The van der Waals surface area contributed by atoms with Crippen molar-refractivity contribution in [1.29, 1.82) is 0 Å². The summed E-state index contributed by atoms with van der Waals surface area (Å²) in [5.41, 5.74) is 2.76. The molecule has 0 aliphatic rings. The number of hydrogen-bond donors (Lipinski definition) is 1. The van der Waals surface area contributed by atoms with Crippen LogP contribution in [0, 0.1) is 5.92 Å². The number of amides is 2. The van der Waals surface area contributed by atoms with Crippen molar-refractivity contribution >= 4 is 23.2 Å². The lowest BCUT2D eigenvalue weighted by atomic mass is 10.1. The average Bonchev–Trinajstić information content (AvgIpc) is 3.24. The first kappa shape index (κ1) is 24.5. The molecule has 0 aliphatic heterocycles. The van der Waals surface area contributed by atoms with Gasteiger partial charge in [-0.1, -0.05) is 40.0 Å². The van der Waals surface area contributed by atoms with E-state index in [9.17, 15) is 9.59 Å². The van der Waals surface area contributed by atoms with Gasteiger partial charge >= 0.3 is 0 Å². The third-order valence-corrected chi connectivity index (χ3v) is 5.07. The van der Waals surface area contributed by atoms with Crippen molar-refractivity contribution in [2.45, 2.75) is 59.4 Å². The van der Waals surface area contributed by atoms with E-state index in [0.29, 0.717) is 31.2 Å². The quantitative estimate of drug-likeness (QED) is 0.451.